The van der Waals surface area contributed by atoms with Gasteiger partial charge >= 0.3 is 0 Å². The van der Waals surface area contributed by atoms with Crippen LogP contribution in [0.5, 0.6) is 11.5 Å². The molecule has 3 rings (SSSR count). The summed E-state index contributed by atoms with van der Waals surface area (Å²) in [4.78, 5) is 0. The number of methoxy groups -OCH3 is 1. The highest BCUT2D eigenvalue weighted by molar-refractivity contribution is 8.01. The van der Waals surface area contributed by atoms with Gasteiger partial charge in [0, 0.05) is 5.75 Å². The molecule has 0 aliphatic carbocycles. The zero-order chi connectivity index (χ0) is 19.9. The Morgan fingerprint density at radius 2 is 1.86 bits per heavy atom. The van der Waals surface area contributed by atoms with Crippen molar-refractivity contribution in [2.24, 2.45) is 0 Å². The first-order chi connectivity index (χ1) is 13.6. The van der Waals surface area contributed by atoms with Crippen LogP contribution in [0.3, 0.4) is 0 Å². The lowest BCUT2D eigenvalue weighted by atomic mass is 10.1. The third-order valence-corrected chi connectivity index (χ3v) is 6.10. The molecular weight excluding hydrogens is 394 g/mol. The van der Waals surface area contributed by atoms with Gasteiger partial charge in [-0.05, 0) is 37.1 Å². The Morgan fingerprint density at radius 3 is 2.61 bits per heavy atom. The smallest absolute Gasteiger partial charge is 0.210 e. The average Bonchev–Trinajstić information content (AvgIpc) is 3.14. The maximum Gasteiger partial charge on any atom is 0.210 e. The van der Waals surface area contributed by atoms with Gasteiger partial charge in [-0.3, -0.25) is 0 Å². The quantitative estimate of drug-likeness (QED) is 0.499. The summed E-state index contributed by atoms with van der Waals surface area (Å²) in [5.74, 6) is 2.06. The predicted molar refractivity (Wildman–Crippen MR) is 114 cm³/mol. The number of hydrogen-bond donors (Lipinski definition) is 2. The van der Waals surface area contributed by atoms with E-state index in [0.717, 1.165) is 32.7 Å². The van der Waals surface area contributed by atoms with Crippen LogP contribution in [0.4, 0.5) is 10.8 Å². The van der Waals surface area contributed by atoms with Gasteiger partial charge in [0.15, 0.2) is 4.34 Å². The molecule has 2 N–H and O–H groups in total. The van der Waals surface area contributed by atoms with Gasteiger partial charge in [-0.25, -0.2) is 0 Å². The summed E-state index contributed by atoms with van der Waals surface area (Å²) in [5, 5.41) is 22.4. The number of nitrogens with one attached hydrogen (secondary N) is 1. The Bertz CT molecular complexity index is 897. The summed E-state index contributed by atoms with van der Waals surface area (Å²) in [5.41, 5.74) is 2.96. The second kappa shape index (κ2) is 9.77. The topological polar surface area (TPSA) is 76.5 Å². The van der Waals surface area contributed by atoms with E-state index in [1.807, 2.05) is 56.3 Å². The normalized spacial score (nSPS) is 11.9. The van der Waals surface area contributed by atoms with Gasteiger partial charge in [0.2, 0.25) is 5.13 Å². The number of thioether (sulfide) groups is 1. The molecule has 0 spiro atoms. The molecule has 0 radical (unpaired) electrons. The van der Waals surface area contributed by atoms with Crippen molar-refractivity contribution >= 4 is 33.9 Å². The van der Waals surface area contributed by atoms with Crippen LogP contribution in [-0.2, 0) is 0 Å². The van der Waals surface area contributed by atoms with Crippen molar-refractivity contribution in [1.29, 1.82) is 0 Å². The van der Waals surface area contributed by atoms with Crippen LogP contribution in [0.2, 0.25) is 0 Å². The highest BCUT2D eigenvalue weighted by Gasteiger charge is 2.12. The molecule has 0 fully saturated rings. The van der Waals surface area contributed by atoms with E-state index < -0.39 is 6.10 Å². The summed E-state index contributed by atoms with van der Waals surface area (Å²) in [6.07, 6.45) is -0.599. The van der Waals surface area contributed by atoms with Crippen molar-refractivity contribution in [3.05, 3.63) is 53.6 Å². The fourth-order valence-electron chi connectivity index (χ4n) is 2.60. The van der Waals surface area contributed by atoms with Crippen molar-refractivity contribution in [2.45, 2.75) is 24.3 Å². The molecule has 1 atom stereocenters. The minimum atomic E-state index is -0.599. The number of aliphatic hydroxyl groups is 1. The Hall–Kier alpha value is -2.29. The van der Waals surface area contributed by atoms with Crippen molar-refractivity contribution in [3.8, 4) is 11.5 Å². The van der Waals surface area contributed by atoms with Crippen molar-refractivity contribution in [2.75, 3.05) is 24.8 Å². The Balaban J connectivity index is 1.50. The standard InChI is InChI=1S/C20H23N3O3S2/c1-13-7-6-8-14(2)18(13)26-11-15(24)12-27-20-23-22-19(28-20)21-16-9-4-5-10-17(16)25-3/h4-10,15,24H,11-12H2,1-3H3,(H,21,22)/t15-/m1/s1. The number of aromatic nitrogens is 2. The number of aliphatic hydroxyl groups excluding tert-OH is 1. The molecule has 0 amide bonds. The zero-order valence-electron chi connectivity index (χ0n) is 16.0. The van der Waals surface area contributed by atoms with E-state index in [1.165, 1.54) is 23.1 Å². The fourth-order valence-corrected chi connectivity index (χ4v) is 4.30. The molecule has 1 heterocycles. The summed E-state index contributed by atoms with van der Waals surface area (Å²) >= 11 is 2.89. The summed E-state index contributed by atoms with van der Waals surface area (Å²) in [6, 6.07) is 13.6. The van der Waals surface area contributed by atoms with Crippen LogP contribution < -0.4 is 14.8 Å². The van der Waals surface area contributed by atoms with Gasteiger partial charge in [0.1, 0.15) is 18.1 Å². The number of para-hydroxylation sites is 3. The zero-order valence-corrected chi connectivity index (χ0v) is 17.6. The van der Waals surface area contributed by atoms with Gasteiger partial charge in [0.05, 0.1) is 18.9 Å². The molecule has 6 nitrogen and oxygen atoms in total. The van der Waals surface area contributed by atoms with Crippen LogP contribution in [0.1, 0.15) is 11.1 Å². The van der Waals surface area contributed by atoms with Crippen molar-refractivity contribution in [3.63, 3.8) is 0 Å². The number of nitrogens with zero attached hydrogens (tertiary/aromatic N) is 2. The first-order valence-electron chi connectivity index (χ1n) is 8.80. The second-order valence-corrected chi connectivity index (χ2v) is 8.44. The molecule has 0 saturated heterocycles. The van der Waals surface area contributed by atoms with Crippen LogP contribution in [0.25, 0.3) is 0 Å². The lowest BCUT2D eigenvalue weighted by Gasteiger charge is -2.15. The van der Waals surface area contributed by atoms with E-state index in [1.54, 1.807) is 7.11 Å². The molecule has 0 bridgehead atoms. The maximum absolute atomic E-state index is 10.2. The molecule has 0 aliphatic rings. The van der Waals surface area contributed by atoms with Crippen LogP contribution >= 0.6 is 23.1 Å². The van der Waals surface area contributed by atoms with Crippen molar-refractivity contribution < 1.29 is 14.6 Å². The van der Waals surface area contributed by atoms with Crippen LogP contribution in [0.15, 0.2) is 46.8 Å². The number of aryl methyl sites for hydroxylation is 2. The number of anilines is 2. The van der Waals surface area contributed by atoms with E-state index in [0.29, 0.717) is 10.9 Å². The van der Waals surface area contributed by atoms with Gasteiger partial charge in [-0.2, -0.15) is 0 Å². The number of ether oxygens (including phenoxy) is 2. The number of hydrogen-bond acceptors (Lipinski definition) is 8. The predicted octanol–water partition coefficient (Wildman–Crippen LogP) is 4.44. The molecular formula is C20H23N3O3S2. The van der Waals surface area contributed by atoms with E-state index >= 15 is 0 Å². The first kappa shape index (κ1) is 20.4. The van der Waals surface area contributed by atoms with Gasteiger partial charge < -0.3 is 19.9 Å². The van der Waals surface area contributed by atoms with Gasteiger partial charge in [-0.1, -0.05) is 53.4 Å². The second-order valence-electron chi connectivity index (χ2n) is 6.20. The molecule has 148 valence electrons. The molecule has 0 unspecified atom stereocenters. The number of rotatable bonds is 9. The number of benzene rings is 2. The van der Waals surface area contributed by atoms with Gasteiger partial charge in [-0.15, -0.1) is 10.2 Å². The molecule has 0 saturated carbocycles. The fraction of sp³-hybridized carbons (Fsp3) is 0.300. The molecule has 3 aromatic rings. The Kier molecular flexibility index (Phi) is 7.13. The minimum Gasteiger partial charge on any atom is -0.495 e. The third kappa shape index (κ3) is 5.37. The Morgan fingerprint density at radius 1 is 1.11 bits per heavy atom. The van der Waals surface area contributed by atoms with Gasteiger partial charge in [0.25, 0.3) is 0 Å². The Labute approximate surface area is 172 Å². The molecule has 0 aliphatic heterocycles. The van der Waals surface area contributed by atoms with E-state index in [-0.39, 0.29) is 6.61 Å². The monoisotopic (exact) mass is 417 g/mol. The highest BCUT2D eigenvalue weighted by atomic mass is 32.2. The largest absolute Gasteiger partial charge is 0.495 e. The highest BCUT2D eigenvalue weighted by Crippen LogP contribution is 2.31. The van der Waals surface area contributed by atoms with E-state index in [4.69, 9.17) is 9.47 Å². The molecule has 2 aromatic carbocycles. The third-order valence-electron chi connectivity index (χ3n) is 3.98. The van der Waals surface area contributed by atoms with Crippen LogP contribution in [0, 0.1) is 13.8 Å². The van der Waals surface area contributed by atoms with E-state index in [9.17, 15) is 5.11 Å². The lowest BCUT2D eigenvalue weighted by molar-refractivity contribution is 0.125. The lowest BCUT2D eigenvalue weighted by Crippen LogP contribution is -2.20. The molecule has 8 heteroatoms. The molecule has 1 aromatic heterocycles. The maximum atomic E-state index is 10.2. The summed E-state index contributed by atoms with van der Waals surface area (Å²) < 4.78 is 11.9. The summed E-state index contributed by atoms with van der Waals surface area (Å²) in [6.45, 7) is 4.24. The minimum absolute atomic E-state index is 0.240. The summed E-state index contributed by atoms with van der Waals surface area (Å²) in [7, 11) is 1.63. The SMILES string of the molecule is COc1ccccc1Nc1nnc(SC[C@H](O)COc2c(C)cccc2C)s1. The average molecular weight is 418 g/mol. The van der Waals surface area contributed by atoms with Crippen LogP contribution in [-0.4, -0.2) is 40.9 Å². The first-order valence-corrected chi connectivity index (χ1v) is 10.6. The van der Waals surface area contributed by atoms with E-state index in [2.05, 4.69) is 15.5 Å². The van der Waals surface area contributed by atoms with Crippen molar-refractivity contribution in [1.82, 2.24) is 10.2 Å². The molecule has 28 heavy (non-hydrogen) atoms.